The van der Waals surface area contributed by atoms with Crippen LogP contribution in [-0.2, 0) is 22.7 Å². The van der Waals surface area contributed by atoms with Gasteiger partial charge < -0.3 is 29.4 Å². The largest absolute Gasteiger partial charge is 0.477 e. The number of aromatic carboxylic acids is 1. The van der Waals surface area contributed by atoms with Crippen molar-refractivity contribution in [2.75, 3.05) is 33.1 Å². The number of anilines is 2. The Labute approximate surface area is 192 Å². The summed E-state index contributed by atoms with van der Waals surface area (Å²) in [4.78, 5) is 12.0. The maximum atomic E-state index is 13.1. The highest BCUT2D eigenvalue weighted by molar-refractivity contribution is 5.98. The number of nitrogens with zero attached hydrogens (tertiary/aromatic N) is 2. The van der Waals surface area contributed by atoms with Crippen molar-refractivity contribution in [3.63, 3.8) is 0 Å². The smallest absolute Gasteiger partial charge is 0.416 e. The Kier molecular flexibility index (Phi) is 7.64. The summed E-state index contributed by atoms with van der Waals surface area (Å²) in [5.41, 5.74) is -0.399. The summed E-state index contributed by atoms with van der Waals surface area (Å²) in [6.07, 6.45) is -4.50. The lowest BCUT2D eigenvalue weighted by atomic mass is 10.1. The van der Waals surface area contributed by atoms with E-state index in [9.17, 15) is 23.1 Å². The zero-order chi connectivity index (χ0) is 24.9. The fourth-order valence-corrected chi connectivity index (χ4v) is 3.07. The van der Waals surface area contributed by atoms with E-state index in [-0.39, 0.29) is 47.6 Å². The van der Waals surface area contributed by atoms with Gasteiger partial charge in [0.15, 0.2) is 13.6 Å². The van der Waals surface area contributed by atoms with Gasteiger partial charge in [-0.05, 0) is 12.1 Å². The number of alkyl halides is 3. The van der Waals surface area contributed by atoms with Crippen LogP contribution in [0.5, 0.6) is 11.5 Å². The Bertz CT molecular complexity index is 1160. The molecule has 1 heterocycles. The number of rotatable bonds is 10. The molecule has 12 heteroatoms. The molecule has 0 spiro atoms. The van der Waals surface area contributed by atoms with Crippen LogP contribution in [0.15, 0.2) is 42.5 Å². The number of aryl methyl sites for hydroxylation is 1. The van der Waals surface area contributed by atoms with Gasteiger partial charge in [-0.15, -0.1) is 0 Å². The second-order valence-corrected chi connectivity index (χ2v) is 6.99. The van der Waals surface area contributed by atoms with E-state index in [1.807, 2.05) is 0 Å². The Balaban J connectivity index is 2.02. The Morgan fingerprint density at radius 3 is 2.44 bits per heavy atom. The molecule has 0 aliphatic carbocycles. The third-order valence-corrected chi connectivity index (χ3v) is 4.59. The van der Waals surface area contributed by atoms with E-state index in [1.54, 1.807) is 7.05 Å². The number of hydrogen-bond acceptors (Lipinski definition) is 7. The first-order valence-corrected chi connectivity index (χ1v) is 9.77. The third-order valence-electron chi connectivity index (χ3n) is 4.59. The first-order chi connectivity index (χ1) is 16.1. The van der Waals surface area contributed by atoms with Crippen molar-refractivity contribution in [3.8, 4) is 22.8 Å². The van der Waals surface area contributed by atoms with Gasteiger partial charge in [-0.25, -0.2) is 4.79 Å². The second kappa shape index (κ2) is 10.4. The molecule has 1 aromatic heterocycles. The van der Waals surface area contributed by atoms with Crippen LogP contribution in [-0.4, -0.2) is 48.7 Å². The molecule has 0 bridgehead atoms. The van der Waals surface area contributed by atoms with Crippen molar-refractivity contribution in [2.24, 2.45) is 7.05 Å². The van der Waals surface area contributed by atoms with E-state index in [4.69, 9.17) is 18.9 Å². The van der Waals surface area contributed by atoms with Gasteiger partial charge in [0.1, 0.15) is 22.9 Å². The fourth-order valence-electron chi connectivity index (χ4n) is 3.07. The number of benzene rings is 2. The van der Waals surface area contributed by atoms with E-state index in [2.05, 4.69) is 10.4 Å². The van der Waals surface area contributed by atoms with Crippen LogP contribution in [0.2, 0.25) is 0 Å². The molecule has 0 fully saturated rings. The molecule has 2 N–H and O–H groups in total. The zero-order valence-electron chi connectivity index (χ0n) is 18.5. The van der Waals surface area contributed by atoms with Crippen molar-refractivity contribution in [3.05, 3.63) is 53.6 Å². The predicted octanol–water partition coefficient (Wildman–Crippen LogP) is 4.51. The highest BCUT2D eigenvalue weighted by atomic mass is 19.4. The molecule has 34 heavy (non-hydrogen) atoms. The molecule has 182 valence electrons. The summed E-state index contributed by atoms with van der Waals surface area (Å²) in [6.45, 7) is -0.306. The van der Waals surface area contributed by atoms with Crippen molar-refractivity contribution >= 4 is 17.5 Å². The van der Waals surface area contributed by atoms with Gasteiger partial charge in [0.25, 0.3) is 0 Å². The first-order valence-electron chi connectivity index (χ1n) is 9.77. The number of ether oxygens (including phenoxy) is 4. The number of carboxylic acids is 1. The quantitative estimate of drug-likeness (QED) is 0.408. The minimum absolute atomic E-state index is 0.0225. The monoisotopic (exact) mass is 481 g/mol. The lowest BCUT2D eigenvalue weighted by molar-refractivity contribution is -0.137. The van der Waals surface area contributed by atoms with E-state index in [0.29, 0.717) is 5.82 Å². The lowest BCUT2D eigenvalue weighted by Crippen LogP contribution is -2.11. The summed E-state index contributed by atoms with van der Waals surface area (Å²) in [5, 5.41) is 17.0. The van der Waals surface area contributed by atoms with Crippen molar-refractivity contribution in [2.45, 2.75) is 6.18 Å². The van der Waals surface area contributed by atoms with E-state index < -0.39 is 17.7 Å². The van der Waals surface area contributed by atoms with E-state index in [1.165, 1.54) is 49.2 Å². The Morgan fingerprint density at radius 1 is 1.09 bits per heavy atom. The van der Waals surface area contributed by atoms with Crippen LogP contribution >= 0.6 is 0 Å². The summed E-state index contributed by atoms with van der Waals surface area (Å²) in [5.74, 6) is -0.741. The summed E-state index contributed by atoms with van der Waals surface area (Å²) < 4.78 is 61.2. The van der Waals surface area contributed by atoms with E-state index in [0.717, 1.165) is 12.1 Å². The van der Waals surface area contributed by atoms with Gasteiger partial charge in [0.2, 0.25) is 0 Å². The minimum atomic E-state index is -4.50. The maximum absolute atomic E-state index is 13.1. The molecule has 0 aliphatic rings. The molecule has 3 aromatic rings. The highest BCUT2D eigenvalue weighted by Gasteiger charge is 2.30. The lowest BCUT2D eigenvalue weighted by Gasteiger charge is -2.16. The van der Waals surface area contributed by atoms with Crippen LogP contribution in [0.25, 0.3) is 11.3 Å². The molecule has 0 aliphatic heterocycles. The third kappa shape index (κ3) is 5.77. The van der Waals surface area contributed by atoms with Gasteiger partial charge in [-0.1, -0.05) is 12.1 Å². The summed E-state index contributed by atoms with van der Waals surface area (Å²) in [6, 6.07) is 9.06. The predicted molar refractivity (Wildman–Crippen MR) is 115 cm³/mol. The zero-order valence-corrected chi connectivity index (χ0v) is 18.5. The van der Waals surface area contributed by atoms with Crippen molar-refractivity contribution < 1.29 is 42.0 Å². The molecule has 0 atom stereocenters. The number of carboxylic acid groups (broad SMARTS) is 1. The molecule has 9 nitrogen and oxygen atoms in total. The van der Waals surface area contributed by atoms with Gasteiger partial charge in [-0.3, -0.25) is 4.68 Å². The molecule has 0 amide bonds. The van der Waals surface area contributed by atoms with Crippen LogP contribution in [0.3, 0.4) is 0 Å². The standard InChI is InChI=1S/C22H22F3N3O6/c1-28-19(10-16(27-28)13-5-4-6-14(7-13)22(23,24)25)26-17-8-15(33-11-31-2)9-18(34-12-32-3)20(17)21(29)30/h4-10,26H,11-12H2,1-3H3,(H,29,30). The van der Waals surface area contributed by atoms with Gasteiger partial charge in [0.05, 0.1) is 16.9 Å². The fraction of sp³-hybridized carbons (Fsp3) is 0.273. The topological polar surface area (TPSA) is 104 Å². The molecule has 0 saturated carbocycles. The molecular formula is C22H22F3N3O6. The van der Waals surface area contributed by atoms with Gasteiger partial charge in [-0.2, -0.15) is 18.3 Å². The molecule has 2 aromatic carbocycles. The number of nitrogens with one attached hydrogen (secondary N) is 1. The number of methoxy groups -OCH3 is 2. The van der Waals surface area contributed by atoms with Crippen molar-refractivity contribution in [1.29, 1.82) is 0 Å². The Morgan fingerprint density at radius 2 is 1.79 bits per heavy atom. The molecular weight excluding hydrogens is 459 g/mol. The summed E-state index contributed by atoms with van der Waals surface area (Å²) >= 11 is 0. The number of halogens is 3. The number of carbonyl (C=O) groups is 1. The number of hydrogen-bond donors (Lipinski definition) is 2. The minimum Gasteiger partial charge on any atom is -0.477 e. The van der Waals surface area contributed by atoms with Crippen LogP contribution in [0, 0.1) is 0 Å². The molecule has 0 saturated heterocycles. The summed E-state index contributed by atoms with van der Waals surface area (Å²) in [7, 11) is 4.38. The molecule has 3 rings (SSSR count). The maximum Gasteiger partial charge on any atom is 0.416 e. The number of aromatic nitrogens is 2. The van der Waals surface area contributed by atoms with Gasteiger partial charge >= 0.3 is 12.1 Å². The van der Waals surface area contributed by atoms with E-state index >= 15 is 0 Å². The highest BCUT2D eigenvalue weighted by Crippen LogP contribution is 2.36. The average Bonchev–Trinajstić information content (AvgIpc) is 3.15. The normalized spacial score (nSPS) is 11.4. The first kappa shape index (κ1) is 24.9. The van der Waals surface area contributed by atoms with Crippen molar-refractivity contribution in [1.82, 2.24) is 9.78 Å². The van der Waals surface area contributed by atoms with Gasteiger partial charge in [0, 0.05) is 45.0 Å². The van der Waals surface area contributed by atoms with Crippen LogP contribution in [0.1, 0.15) is 15.9 Å². The average molecular weight is 481 g/mol. The van der Waals surface area contributed by atoms with Crippen LogP contribution in [0.4, 0.5) is 24.7 Å². The Hall–Kier alpha value is -3.77. The molecule has 0 radical (unpaired) electrons. The molecule has 0 unspecified atom stereocenters. The second-order valence-electron chi connectivity index (χ2n) is 6.99. The van der Waals surface area contributed by atoms with Crippen LogP contribution < -0.4 is 14.8 Å². The SMILES string of the molecule is COCOc1cc(Nc2cc(-c3cccc(C(F)(F)F)c3)nn2C)c(C(=O)O)c(OCOC)c1.